The molecule has 2 heteroatoms. The van der Waals surface area contributed by atoms with Crippen molar-refractivity contribution < 1.29 is 0 Å². The predicted octanol–water partition coefficient (Wildman–Crippen LogP) is 4.89. The Balaban J connectivity index is 1.73. The molecule has 2 heterocycles. The molecule has 1 atom stereocenters. The number of hydrogen-bond donors (Lipinski definition) is 1. The zero-order valence-corrected chi connectivity index (χ0v) is 12.9. The van der Waals surface area contributed by atoms with Crippen LogP contribution in [-0.4, -0.2) is 23.0 Å². The lowest BCUT2D eigenvalue weighted by Crippen LogP contribution is -2.32. The zero-order valence-electron chi connectivity index (χ0n) is 12.9. The summed E-state index contributed by atoms with van der Waals surface area (Å²) in [4.78, 5) is 6.27. The lowest BCUT2D eigenvalue weighted by Gasteiger charge is -2.36. The minimum atomic E-state index is 0.643. The van der Waals surface area contributed by atoms with Crippen molar-refractivity contribution >= 4 is 10.9 Å². The quantitative estimate of drug-likeness (QED) is 0.849. The average Bonchev–Trinajstić information content (AvgIpc) is 3.20. The van der Waals surface area contributed by atoms with E-state index in [9.17, 15) is 0 Å². The molecule has 1 aromatic carbocycles. The average molecular weight is 282 g/mol. The highest BCUT2D eigenvalue weighted by atomic mass is 15.2. The Labute approximate surface area is 127 Å². The molecule has 2 aromatic rings. The van der Waals surface area contributed by atoms with Crippen LogP contribution in [-0.2, 0) is 0 Å². The van der Waals surface area contributed by atoms with Gasteiger partial charge in [0, 0.05) is 23.1 Å². The molecule has 2 fully saturated rings. The van der Waals surface area contributed by atoms with Crippen molar-refractivity contribution in [2.24, 2.45) is 5.92 Å². The summed E-state index contributed by atoms with van der Waals surface area (Å²) in [5.74, 6) is 0.857. The lowest BCUT2D eigenvalue weighted by molar-refractivity contribution is 0.144. The number of benzene rings is 1. The number of para-hydroxylation sites is 1. The zero-order chi connectivity index (χ0) is 14.1. The fourth-order valence-corrected chi connectivity index (χ4v) is 4.56. The van der Waals surface area contributed by atoms with Crippen molar-refractivity contribution in [1.82, 2.24) is 9.88 Å². The van der Waals surface area contributed by atoms with Crippen LogP contribution in [0.25, 0.3) is 10.9 Å². The van der Waals surface area contributed by atoms with Crippen LogP contribution in [0.5, 0.6) is 0 Å². The van der Waals surface area contributed by atoms with Gasteiger partial charge in [0.05, 0.1) is 0 Å². The number of aromatic nitrogens is 1. The van der Waals surface area contributed by atoms with E-state index in [1.54, 1.807) is 5.56 Å². The molecular formula is C19H26N2. The van der Waals surface area contributed by atoms with Crippen LogP contribution in [0.4, 0.5) is 0 Å². The van der Waals surface area contributed by atoms with Gasteiger partial charge in [-0.2, -0.15) is 0 Å². The van der Waals surface area contributed by atoms with Crippen molar-refractivity contribution in [3.63, 3.8) is 0 Å². The first-order valence-electron chi connectivity index (χ1n) is 8.73. The minimum Gasteiger partial charge on any atom is -0.361 e. The van der Waals surface area contributed by atoms with Gasteiger partial charge in [-0.25, -0.2) is 0 Å². The molecule has 1 aromatic heterocycles. The smallest absolute Gasteiger partial charge is 0.0457 e. The summed E-state index contributed by atoms with van der Waals surface area (Å²) in [6, 6.07) is 9.47. The van der Waals surface area contributed by atoms with E-state index in [1.165, 1.54) is 68.9 Å². The summed E-state index contributed by atoms with van der Waals surface area (Å²) in [6.45, 7) is 2.58. The predicted molar refractivity (Wildman–Crippen MR) is 88.4 cm³/mol. The molecule has 0 bridgehead atoms. The lowest BCUT2D eigenvalue weighted by atomic mass is 9.80. The number of rotatable bonds is 3. The molecule has 0 spiro atoms. The highest BCUT2D eigenvalue weighted by Crippen LogP contribution is 2.42. The maximum absolute atomic E-state index is 3.50. The van der Waals surface area contributed by atoms with E-state index in [2.05, 4.69) is 40.3 Å². The molecule has 112 valence electrons. The maximum Gasteiger partial charge on any atom is 0.0457 e. The van der Waals surface area contributed by atoms with Crippen LogP contribution in [0.3, 0.4) is 0 Å². The Morgan fingerprint density at radius 3 is 2.52 bits per heavy atom. The van der Waals surface area contributed by atoms with Crippen LogP contribution in [0.2, 0.25) is 0 Å². The second-order valence-corrected chi connectivity index (χ2v) is 6.88. The third-order valence-corrected chi connectivity index (χ3v) is 5.57. The normalized spacial score (nSPS) is 22.9. The number of aromatic amines is 1. The number of likely N-dealkylation sites (tertiary alicyclic amines) is 1. The van der Waals surface area contributed by atoms with Gasteiger partial charge in [0.25, 0.3) is 0 Å². The molecule has 2 nitrogen and oxygen atoms in total. The minimum absolute atomic E-state index is 0.643. The summed E-state index contributed by atoms with van der Waals surface area (Å²) in [7, 11) is 0. The summed E-state index contributed by atoms with van der Waals surface area (Å²) in [6.07, 6.45) is 12.2. The first-order valence-corrected chi connectivity index (χ1v) is 8.73. The third-order valence-electron chi connectivity index (χ3n) is 5.57. The Morgan fingerprint density at radius 2 is 1.71 bits per heavy atom. The van der Waals surface area contributed by atoms with Gasteiger partial charge in [-0.1, -0.05) is 37.5 Å². The molecule has 1 aliphatic carbocycles. The largest absolute Gasteiger partial charge is 0.361 e. The van der Waals surface area contributed by atoms with Gasteiger partial charge >= 0.3 is 0 Å². The highest BCUT2D eigenvalue weighted by molar-refractivity contribution is 5.83. The Morgan fingerprint density at radius 1 is 0.952 bits per heavy atom. The van der Waals surface area contributed by atoms with Crippen molar-refractivity contribution in [3.05, 3.63) is 36.0 Å². The molecule has 4 rings (SSSR count). The Kier molecular flexibility index (Phi) is 3.72. The van der Waals surface area contributed by atoms with Gasteiger partial charge in [-0.05, 0) is 56.3 Å². The van der Waals surface area contributed by atoms with Gasteiger partial charge in [0.1, 0.15) is 0 Å². The standard InChI is InChI=1S/C19H26N2/c1-2-8-15(9-3-1)19(21-12-6-7-13-21)17-14-20-18-11-5-4-10-16(17)18/h4-5,10-11,14-15,19-20H,1-3,6-9,12-13H2. The van der Waals surface area contributed by atoms with Crippen molar-refractivity contribution in [2.75, 3.05) is 13.1 Å². The van der Waals surface area contributed by atoms with Gasteiger partial charge < -0.3 is 4.98 Å². The van der Waals surface area contributed by atoms with Crippen LogP contribution < -0.4 is 0 Å². The summed E-state index contributed by atoms with van der Waals surface area (Å²) < 4.78 is 0. The van der Waals surface area contributed by atoms with E-state index in [4.69, 9.17) is 0 Å². The van der Waals surface area contributed by atoms with Gasteiger partial charge in [0.15, 0.2) is 0 Å². The molecule has 1 saturated heterocycles. The molecule has 1 N–H and O–H groups in total. The highest BCUT2D eigenvalue weighted by Gasteiger charge is 2.32. The first kappa shape index (κ1) is 13.4. The number of H-pyrrole nitrogens is 1. The maximum atomic E-state index is 3.50. The Bertz CT molecular complexity index is 588. The molecule has 0 radical (unpaired) electrons. The summed E-state index contributed by atoms with van der Waals surface area (Å²) >= 11 is 0. The molecule has 1 saturated carbocycles. The number of nitrogens with zero attached hydrogens (tertiary/aromatic N) is 1. The van der Waals surface area contributed by atoms with Crippen LogP contribution >= 0.6 is 0 Å². The monoisotopic (exact) mass is 282 g/mol. The molecule has 1 aliphatic heterocycles. The van der Waals surface area contributed by atoms with Gasteiger partial charge in [-0.15, -0.1) is 0 Å². The molecular weight excluding hydrogens is 256 g/mol. The fraction of sp³-hybridized carbons (Fsp3) is 0.579. The molecule has 21 heavy (non-hydrogen) atoms. The number of nitrogens with one attached hydrogen (secondary N) is 1. The third kappa shape index (κ3) is 2.50. The van der Waals surface area contributed by atoms with E-state index < -0.39 is 0 Å². The first-order chi connectivity index (χ1) is 10.4. The van der Waals surface area contributed by atoms with Crippen molar-refractivity contribution in [1.29, 1.82) is 0 Å². The molecule has 1 unspecified atom stereocenters. The van der Waals surface area contributed by atoms with Crippen molar-refractivity contribution in [2.45, 2.75) is 51.0 Å². The number of hydrogen-bond acceptors (Lipinski definition) is 1. The van der Waals surface area contributed by atoms with Crippen LogP contribution in [0.15, 0.2) is 30.5 Å². The Hall–Kier alpha value is -1.28. The second kappa shape index (κ2) is 5.84. The van der Waals surface area contributed by atoms with E-state index >= 15 is 0 Å². The number of fused-ring (bicyclic) bond motifs is 1. The topological polar surface area (TPSA) is 19.0 Å². The summed E-state index contributed by atoms with van der Waals surface area (Å²) in [5.41, 5.74) is 2.85. The van der Waals surface area contributed by atoms with Gasteiger partial charge in [-0.3, -0.25) is 4.90 Å². The van der Waals surface area contributed by atoms with E-state index in [0.29, 0.717) is 6.04 Å². The molecule has 0 amide bonds. The van der Waals surface area contributed by atoms with E-state index in [1.807, 2.05) is 0 Å². The molecule has 2 aliphatic rings. The van der Waals surface area contributed by atoms with Crippen LogP contribution in [0, 0.1) is 5.92 Å². The summed E-state index contributed by atoms with van der Waals surface area (Å²) in [5, 5.41) is 1.44. The SMILES string of the molecule is c1ccc2c(C(C3CCCCC3)N3CCCC3)c[nH]c2c1. The van der Waals surface area contributed by atoms with Crippen molar-refractivity contribution in [3.8, 4) is 0 Å². The van der Waals surface area contributed by atoms with E-state index in [0.717, 1.165) is 5.92 Å². The van der Waals surface area contributed by atoms with Gasteiger partial charge in [0.2, 0.25) is 0 Å². The second-order valence-electron chi connectivity index (χ2n) is 6.88. The fourth-order valence-electron chi connectivity index (χ4n) is 4.56. The van der Waals surface area contributed by atoms with E-state index in [-0.39, 0.29) is 0 Å². The van der Waals surface area contributed by atoms with Crippen LogP contribution in [0.1, 0.15) is 56.6 Å².